The molecule has 1 atom stereocenters. The van der Waals surface area contributed by atoms with Crippen molar-refractivity contribution in [3.05, 3.63) is 0 Å². The second-order valence-corrected chi connectivity index (χ2v) is 5.38. The Morgan fingerprint density at radius 3 is 1.57 bits per heavy atom. The Morgan fingerprint density at radius 2 is 1.36 bits per heavy atom. The van der Waals surface area contributed by atoms with Crippen LogP contribution in [0.4, 0.5) is 0 Å². The van der Waals surface area contributed by atoms with Gasteiger partial charge in [-0.1, -0.05) is 4.89 Å². The molecule has 0 saturated carbocycles. The normalized spacial score (nSPS) is 17.1. The molecule has 0 heterocycles. The number of nitrogens with two attached hydrogens (primary N) is 1. The quantitative estimate of drug-likeness (QED) is 0.476. The molecule has 0 spiro atoms. The van der Waals surface area contributed by atoms with Gasteiger partial charge in [-0.2, -0.15) is 5.20 Å². The van der Waals surface area contributed by atoms with Crippen molar-refractivity contribution in [1.29, 1.82) is 0 Å². The molecular weight excluding hydrogens is 203 g/mol. The minimum Gasteiger partial charge on any atom is -0.267 e. The van der Waals surface area contributed by atoms with Gasteiger partial charge >= 0.3 is 7.59 Å². The van der Waals surface area contributed by atoms with E-state index in [1.54, 1.807) is 57.3 Å². The SMILES string of the molecule is CN(C)NP(N)(=O)N(N(C)C)N(C)C. The van der Waals surface area contributed by atoms with Crippen LogP contribution in [-0.4, -0.2) is 62.2 Å². The van der Waals surface area contributed by atoms with E-state index in [4.69, 9.17) is 5.50 Å². The molecule has 86 valence electrons. The number of nitrogens with one attached hydrogen (secondary N) is 1. The first-order valence-corrected chi connectivity index (χ1v) is 5.90. The minimum absolute atomic E-state index is 1.47. The van der Waals surface area contributed by atoms with Crippen LogP contribution >= 0.6 is 7.59 Å². The van der Waals surface area contributed by atoms with Gasteiger partial charge in [0.05, 0.1) is 0 Å². The Bertz CT molecular complexity index is 210. The van der Waals surface area contributed by atoms with Gasteiger partial charge in [0.2, 0.25) is 0 Å². The van der Waals surface area contributed by atoms with Gasteiger partial charge in [-0.3, -0.25) is 10.1 Å². The summed E-state index contributed by atoms with van der Waals surface area (Å²) in [7, 11) is 7.47. The van der Waals surface area contributed by atoms with E-state index in [9.17, 15) is 4.57 Å². The van der Waals surface area contributed by atoms with E-state index >= 15 is 0 Å². The van der Waals surface area contributed by atoms with Crippen LogP contribution in [0.2, 0.25) is 0 Å². The highest BCUT2D eigenvalue weighted by Gasteiger charge is 2.30. The molecule has 0 aromatic rings. The standard InChI is InChI=1S/C6H21N6OP/c1-9(2)8-14(7,13)12(10(3)4)11(5)6/h1-6H3,(H3,7,8,13). The van der Waals surface area contributed by atoms with E-state index in [0.717, 1.165) is 0 Å². The summed E-state index contributed by atoms with van der Waals surface area (Å²) in [6, 6.07) is 0. The lowest BCUT2D eigenvalue weighted by molar-refractivity contribution is -0.0513. The second-order valence-electron chi connectivity index (χ2n) is 3.58. The van der Waals surface area contributed by atoms with Crippen LogP contribution in [0.1, 0.15) is 0 Å². The van der Waals surface area contributed by atoms with Crippen molar-refractivity contribution in [2.24, 2.45) is 5.50 Å². The Hall–Kier alpha value is -0.0100. The van der Waals surface area contributed by atoms with Gasteiger partial charge in [-0.05, 0) is 0 Å². The smallest absolute Gasteiger partial charge is 0.267 e. The van der Waals surface area contributed by atoms with Crippen molar-refractivity contribution in [1.82, 2.24) is 25.1 Å². The molecule has 0 aliphatic carbocycles. The number of nitrogens with zero attached hydrogens (tertiary/aromatic N) is 4. The molecule has 0 aromatic carbocycles. The highest BCUT2D eigenvalue weighted by atomic mass is 31.2. The first kappa shape index (κ1) is 14.0. The van der Waals surface area contributed by atoms with E-state index in [2.05, 4.69) is 5.20 Å². The average molecular weight is 224 g/mol. The summed E-state index contributed by atoms with van der Waals surface area (Å²) < 4.78 is 12.1. The summed E-state index contributed by atoms with van der Waals surface area (Å²) in [6.07, 6.45) is 0. The molecule has 0 rings (SSSR count). The first-order chi connectivity index (χ1) is 6.18. The third-order valence-electron chi connectivity index (χ3n) is 1.32. The molecule has 3 N–H and O–H groups in total. The van der Waals surface area contributed by atoms with Gasteiger partial charge < -0.3 is 0 Å². The van der Waals surface area contributed by atoms with Crippen LogP contribution in [0.5, 0.6) is 0 Å². The Morgan fingerprint density at radius 1 is 1.00 bits per heavy atom. The van der Waals surface area contributed by atoms with Crippen LogP contribution in [0.15, 0.2) is 0 Å². The van der Waals surface area contributed by atoms with Gasteiger partial charge in [0.25, 0.3) is 0 Å². The van der Waals surface area contributed by atoms with Crippen LogP contribution < -0.4 is 10.7 Å². The fourth-order valence-corrected chi connectivity index (χ4v) is 2.93. The number of hydrazine groups is 3. The van der Waals surface area contributed by atoms with E-state index in [0.29, 0.717) is 0 Å². The monoisotopic (exact) mass is 224 g/mol. The molecule has 1 unspecified atom stereocenters. The maximum absolute atomic E-state index is 12.1. The summed E-state index contributed by atoms with van der Waals surface area (Å²) in [6.45, 7) is 0. The van der Waals surface area contributed by atoms with Crippen LogP contribution in [0, 0.1) is 0 Å². The van der Waals surface area contributed by atoms with Gasteiger partial charge in [0.15, 0.2) is 0 Å². The van der Waals surface area contributed by atoms with Crippen molar-refractivity contribution >= 4 is 7.59 Å². The maximum Gasteiger partial charge on any atom is 0.319 e. The summed E-state index contributed by atoms with van der Waals surface area (Å²) in [5.74, 6) is 0. The fraction of sp³-hybridized carbons (Fsp3) is 1.00. The lowest BCUT2D eigenvalue weighted by Gasteiger charge is -2.38. The molecule has 0 bridgehead atoms. The maximum atomic E-state index is 12.1. The molecule has 14 heavy (non-hydrogen) atoms. The van der Waals surface area contributed by atoms with Crippen LogP contribution in [0.25, 0.3) is 0 Å². The Balaban J connectivity index is 4.72. The number of hydrogen-bond acceptors (Lipinski definition) is 4. The molecule has 0 aliphatic heterocycles. The van der Waals surface area contributed by atoms with E-state index in [1.807, 2.05) is 0 Å². The third-order valence-corrected chi connectivity index (χ3v) is 3.26. The third kappa shape index (κ3) is 4.02. The summed E-state index contributed by atoms with van der Waals surface area (Å²) >= 11 is 0. The Kier molecular flexibility index (Phi) is 5.17. The van der Waals surface area contributed by atoms with Crippen LogP contribution in [-0.2, 0) is 4.57 Å². The van der Waals surface area contributed by atoms with Crippen molar-refractivity contribution in [3.63, 3.8) is 0 Å². The molecule has 0 aliphatic rings. The van der Waals surface area contributed by atoms with Crippen LogP contribution in [0.3, 0.4) is 0 Å². The highest BCUT2D eigenvalue weighted by molar-refractivity contribution is 7.56. The summed E-state index contributed by atoms with van der Waals surface area (Å²) in [5, 5.41) is 7.59. The molecule has 0 saturated heterocycles. The minimum atomic E-state index is -3.11. The van der Waals surface area contributed by atoms with Gasteiger partial charge in [-0.25, -0.2) is 15.0 Å². The first-order valence-electron chi connectivity index (χ1n) is 4.17. The van der Waals surface area contributed by atoms with Crippen molar-refractivity contribution < 1.29 is 4.57 Å². The molecular formula is C6H21N6OP. The summed E-state index contributed by atoms with van der Waals surface area (Å²) in [5.41, 5.74) is 5.71. The fourth-order valence-electron chi connectivity index (χ4n) is 1.22. The highest BCUT2D eigenvalue weighted by Crippen LogP contribution is 2.37. The molecule has 8 heteroatoms. The molecule has 0 amide bonds. The second kappa shape index (κ2) is 5.18. The zero-order chi connectivity index (χ0) is 11.5. The van der Waals surface area contributed by atoms with Gasteiger partial charge in [0, 0.05) is 42.3 Å². The lowest BCUT2D eigenvalue weighted by atomic mass is 11.1. The van der Waals surface area contributed by atoms with Gasteiger partial charge in [0.1, 0.15) is 0 Å². The van der Waals surface area contributed by atoms with Crippen molar-refractivity contribution in [2.75, 3.05) is 42.3 Å². The summed E-state index contributed by atoms with van der Waals surface area (Å²) in [4.78, 5) is 1.47. The Labute approximate surface area is 85.9 Å². The zero-order valence-electron chi connectivity index (χ0n) is 9.72. The zero-order valence-corrected chi connectivity index (χ0v) is 10.6. The van der Waals surface area contributed by atoms with E-state index in [-0.39, 0.29) is 0 Å². The molecule has 0 fully saturated rings. The number of hydrogen-bond donors (Lipinski definition) is 2. The lowest BCUT2D eigenvalue weighted by Crippen LogP contribution is -2.50. The topological polar surface area (TPSA) is 68.1 Å². The number of rotatable bonds is 5. The van der Waals surface area contributed by atoms with E-state index < -0.39 is 7.59 Å². The molecule has 0 aromatic heterocycles. The van der Waals surface area contributed by atoms with Crippen molar-refractivity contribution in [3.8, 4) is 0 Å². The van der Waals surface area contributed by atoms with Gasteiger partial charge in [-0.15, -0.1) is 0 Å². The average Bonchev–Trinajstić information content (AvgIpc) is 1.77. The predicted molar refractivity (Wildman–Crippen MR) is 57.8 cm³/mol. The van der Waals surface area contributed by atoms with E-state index in [1.165, 1.54) is 4.89 Å². The van der Waals surface area contributed by atoms with Crippen molar-refractivity contribution in [2.45, 2.75) is 0 Å². The molecule has 7 nitrogen and oxygen atoms in total. The molecule has 0 radical (unpaired) electrons. The predicted octanol–water partition coefficient (Wildman–Crippen LogP) is -0.625. The largest absolute Gasteiger partial charge is 0.319 e.